The molecule has 27 heavy (non-hydrogen) atoms. The number of carbonyl (C=O) groups is 1. The first-order chi connectivity index (χ1) is 12.9. The minimum atomic E-state index is -0.902. The third kappa shape index (κ3) is 4.16. The highest BCUT2D eigenvalue weighted by atomic mass is 32.2. The van der Waals surface area contributed by atoms with E-state index in [1.165, 1.54) is 6.07 Å². The molecule has 0 bridgehead atoms. The highest BCUT2D eigenvalue weighted by Gasteiger charge is 2.18. The first-order valence-corrected chi connectivity index (χ1v) is 9.15. The van der Waals surface area contributed by atoms with Crippen LogP contribution in [0.1, 0.15) is 13.8 Å². The lowest BCUT2D eigenvalue weighted by molar-refractivity contribution is -0.144. The Morgan fingerprint density at radius 2 is 1.96 bits per heavy atom. The Morgan fingerprint density at radius 1 is 1.22 bits per heavy atom. The van der Waals surface area contributed by atoms with E-state index in [-0.39, 0.29) is 28.1 Å². The van der Waals surface area contributed by atoms with Crippen LogP contribution in [0.2, 0.25) is 0 Å². The van der Waals surface area contributed by atoms with Crippen molar-refractivity contribution in [2.45, 2.75) is 25.1 Å². The fourth-order valence-electron chi connectivity index (χ4n) is 2.50. The second-order valence-electron chi connectivity index (χ2n) is 5.98. The van der Waals surface area contributed by atoms with Crippen molar-refractivity contribution in [1.82, 2.24) is 9.55 Å². The summed E-state index contributed by atoms with van der Waals surface area (Å²) < 4.78 is 33.7. The third-order valence-electron chi connectivity index (χ3n) is 3.58. The summed E-state index contributed by atoms with van der Waals surface area (Å²) in [6, 6.07) is 9.53. The fourth-order valence-corrected chi connectivity index (χ4v) is 3.29. The second kappa shape index (κ2) is 7.87. The topological polar surface area (TPSA) is 61.2 Å². The predicted molar refractivity (Wildman–Crippen MR) is 99.2 cm³/mol. The number of benzene rings is 2. The molecule has 0 saturated carbocycles. The Bertz CT molecular complexity index is 1070. The number of hydrogen-bond acceptors (Lipinski definition) is 5. The zero-order chi connectivity index (χ0) is 19.6. The van der Waals surface area contributed by atoms with Gasteiger partial charge in [0, 0.05) is 6.07 Å². The first kappa shape index (κ1) is 19.0. The van der Waals surface area contributed by atoms with Gasteiger partial charge in [0.05, 0.1) is 28.4 Å². The van der Waals surface area contributed by atoms with Gasteiger partial charge in [-0.1, -0.05) is 23.9 Å². The molecule has 0 aliphatic heterocycles. The maximum Gasteiger partial charge on any atom is 0.316 e. The highest BCUT2D eigenvalue weighted by molar-refractivity contribution is 7.99. The summed E-state index contributed by atoms with van der Waals surface area (Å²) in [6.45, 7) is 3.45. The Morgan fingerprint density at radius 3 is 2.67 bits per heavy atom. The average molecular weight is 390 g/mol. The van der Waals surface area contributed by atoms with Crippen LogP contribution in [0.15, 0.2) is 52.4 Å². The van der Waals surface area contributed by atoms with E-state index in [9.17, 15) is 18.4 Å². The van der Waals surface area contributed by atoms with Crippen molar-refractivity contribution in [1.29, 1.82) is 0 Å². The van der Waals surface area contributed by atoms with Crippen LogP contribution in [0.5, 0.6) is 0 Å². The van der Waals surface area contributed by atoms with E-state index in [1.807, 2.05) is 0 Å². The van der Waals surface area contributed by atoms with Crippen molar-refractivity contribution in [2.24, 2.45) is 0 Å². The molecule has 3 rings (SSSR count). The van der Waals surface area contributed by atoms with Gasteiger partial charge in [-0.15, -0.1) is 0 Å². The molecule has 0 unspecified atom stereocenters. The molecule has 0 amide bonds. The lowest BCUT2D eigenvalue weighted by Crippen LogP contribution is -2.23. The number of esters is 1. The number of aromatic nitrogens is 2. The Labute approximate surface area is 158 Å². The summed E-state index contributed by atoms with van der Waals surface area (Å²) in [7, 11) is 0. The molecule has 8 heteroatoms. The molecule has 5 nitrogen and oxygen atoms in total. The monoisotopic (exact) mass is 390 g/mol. The van der Waals surface area contributed by atoms with Gasteiger partial charge in [-0.2, -0.15) is 0 Å². The Balaban J connectivity index is 2.13. The molecule has 0 radical (unpaired) electrons. The first-order valence-electron chi connectivity index (χ1n) is 8.16. The molecule has 1 heterocycles. The third-order valence-corrected chi connectivity index (χ3v) is 4.49. The van der Waals surface area contributed by atoms with Crippen molar-refractivity contribution in [3.05, 3.63) is 64.5 Å². The molecular weight excluding hydrogens is 374 g/mol. The fraction of sp³-hybridized carbons (Fsp3) is 0.211. The van der Waals surface area contributed by atoms with Crippen molar-refractivity contribution >= 4 is 28.6 Å². The number of carbonyl (C=O) groups excluding carboxylic acids is 1. The van der Waals surface area contributed by atoms with Gasteiger partial charge in [-0.25, -0.2) is 13.8 Å². The summed E-state index contributed by atoms with van der Waals surface area (Å²) in [5.41, 5.74) is -0.230. The molecule has 0 fully saturated rings. The maximum absolute atomic E-state index is 14.3. The number of halogens is 2. The van der Waals surface area contributed by atoms with Crippen molar-refractivity contribution in [3.8, 4) is 5.69 Å². The molecule has 1 aromatic heterocycles. The maximum atomic E-state index is 14.3. The van der Waals surface area contributed by atoms with E-state index in [2.05, 4.69) is 4.98 Å². The molecule has 0 aliphatic rings. The predicted octanol–water partition coefficient (Wildman–Crippen LogP) is 3.71. The molecule has 140 valence electrons. The highest BCUT2D eigenvalue weighted by Crippen LogP contribution is 2.23. The number of hydrogen-bond donors (Lipinski definition) is 0. The normalized spacial score (nSPS) is 11.1. The van der Waals surface area contributed by atoms with Crippen LogP contribution in [-0.2, 0) is 9.53 Å². The van der Waals surface area contributed by atoms with Crippen molar-refractivity contribution in [2.75, 3.05) is 5.75 Å². The number of ether oxygens (including phenoxy) is 1. The Hall–Kier alpha value is -2.74. The average Bonchev–Trinajstić information content (AvgIpc) is 2.60. The van der Waals surface area contributed by atoms with Gasteiger partial charge in [0.1, 0.15) is 11.6 Å². The van der Waals surface area contributed by atoms with Gasteiger partial charge in [-0.3, -0.25) is 14.2 Å². The standard InChI is InChI=1S/C19H16F2N2O3S/c1-11(2)26-17(24)10-27-19-22-15-6-4-3-5-13(15)18(25)23(19)16-8-7-12(20)9-14(16)21/h3-9,11H,10H2,1-2H3. The Kier molecular flexibility index (Phi) is 5.55. The quantitative estimate of drug-likeness (QED) is 0.378. The SMILES string of the molecule is CC(C)OC(=O)CSc1nc2ccccc2c(=O)n1-c1ccc(F)cc1F. The summed E-state index contributed by atoms with van der Waals surface area (Å²) in [6.07, 6.45) is -0.278. The zero-order valence-electron chi connectivity index (χ0n) is 14.6. The van der Waals surface area contributed by atoms with E-state index in [4.69, 9.17) is 4.74 Å². The number of rotatable bonds is 5. The van der Waals surface area contributed by atoms with Crippen LogP contribution in [0, 0.1) is 11.6 Å². The molecule has 3 aromatic rings. The molecule has 0 spiro atoms. The minimum absolute atomic E-state index is 0.105. The van der Waals surface area contributed by atoms with Crippen LogP contribution in [0.4, 0.5) is 8.78 Å². The van der Waals surface area contributed by atoms with Gasteiger partial charge in [0.25, 0.3) is 5.56 Å². The molecule has 0 atom stereocenters. The van der Waals surface area contributed by atoms with Gasteiger partial charge in [0.2, 0.25) is 0 Å². The van der Waals surface area contributed by atoms with Crippen molar-refractivity contribution < 1.29 is 18.3 Å². The number of fused-ring (bicyclic) bond motifs is 1. The van der Waals surface area contributed by atoms with Crippen molar-refractivity contribution in [3.63, 3.8) is 0 Å². The molecule has 0 aliphatic carbocycles. The van der Waals surface area contributed by atoms with E-state index in [1.54, 1.807) is 38.1 Å². The van der Waals surface area contributed by atoms with E-state index < -0.39 is 23.2 Å². The molecule has 0 N–H and O–H groups in total. The lowest BCUT2D eigenvalue weighted by atomic mass is 10.2. The largest absolute Gasteiger partial charge is 0.462 e. The van der Waals surface area contributed by atoms with Crippen LogP contribution < -0.4 is 5.56 Å². The van der Waals surface area contributed by atoms with Gasteiger partial charge < -0.3 is 4.74 Å². The van der Waals surface area contributed by atoms with Crippen LogP contribution >= 0.6 is 11.8 Å². The number of nitrogens with zero attached hydrogens (tertiary/aromatic N) is 2. The summed E-state index contributed by atoms with van der Waals surface area (Å²) in [5.74, 6) is -2.25. The second-order valence-corrected chi connectivity index (χ2v) is 6.92. The summed E-state index contributed by atoms with van der Waals surface area (Å²) >= 11 is 0.951. The van der Waals surface area contributed by atoms with Gasteiger partial charge in [0.15, 0.2) is 5.16 Å². The van der Waals surface area contributed by atoms with E-state index in [0.29, 0.717) is 11.6 Å². The van der Waals surface area contributed by atoms with E-state index in [0.717, 1.165) is 22.4 Å². The van der Waals surface area contributed by atoms with Crippen LogP contribution in [-0.4, -0.2) is 27.4 Å². The molecular formula is C19H16F2N2O3S. The smallest absolute Gasteiger partial charge is 0.316 e. The lowest BCUT2D eigenvalue weighted by Gasteiger charge is -2.14. The number of para-hydroxylation sites is 1. The summed E-state index contributed by atoms with van der Waals surface area (Å²) in [5, 5.41) is 0.403. The summed E-state index contributed by atoms with van der Waals surface area (Å²) in [4.78, 5) is 29.2. The number of thioether (sulfide) groups is 1. The van der Waals surface area contributed by atoms with Crippen LogP contribution in [0.25, 0.3) is 16.6 Å². The van der Waals surface area contributed by atoms with Crippen LogP contribution in [0.3, 0.4) is 0 Å². The minimum Gasteiger partial charge on any atom is -0.462 e. The van der Waals surface area contributed by atoms with Gasteiger partial charge in [-0.05, 0) is 38.1 Å². The molecule has 0 saturated heterocycles. The zero-order valence-corrected chi connectivity index (χ0v) is 15.4. The van der Waals surface area contributed by atoms with Gasteiger partial charge >= 0.3 is 5.97 Å². The molecule has 2 aromatic carbocycles. The van der Waals surface area contributed by atoms with E-state index >= 15 is 0 Å².